The van der Waals surface area contributed by atoms with Crippen molar-refractivity contribution in [3.8, 4) is 0 Å². The van der Waals surface area contributed by atoms with E-state index >= 15 is 0 Å². The van der Waals surface area contributed by atoms with E-state index in [0.29, 0.717) is 6.54 Å². The number of carbonyl (C=O) groups is 1. The first-order chi connectivity index (χ1) is 16.6. The quantitative estimate of drug-likeness (QED) is 0.261. The Labute approximate surface area is 203 Å². The van der Waals surface area contributed by atoms with Gasteiger partial charge in [-0.2, -0.15) is 0 Å². The van der Waals surface area contributed by atoms with E-state index in [2.05, 4.69) is 43.0 Å². The SMILES string of the molecule is O=C1NCc2c1c1c3ccccc3n3c1c1c2c2ccccc2n1C1OC3C[C@@]1(O)CO.SCl. The molecule has 3 atom stereocenters. The Balaban J connectivity index is 0.000000977. The summed E-state index contributed by atoms with van der Waals surface area (Å²) in [5, 5.41) is 28.7. The number of hydrogen-bond acceptors (Lipinski definition) is 5. The van der Waals surface area contributed by atoms with Gasteiger partial charge in [-0.25, -0.2) is 0 Å². The number of fused-ring (bicyclic) bond motifs is 13. The Hall–Kier alpha value is -2.75. The molecule has 7 nitrogen and oxygen atoms in total. The zero-order valence-corrected chi connectivity index (χ0v) is 19.5. The summed E-state index contributed by atoms with van der Waals surface area (Å²) in [7, 11) is 4.33. The van der Waals surface area contributed by atoms with Gasteiger partial charge in [-0.1, -0.05) is 48.2 Å². The molecule has 3 N–H and O–H groups in total. The van der Waals surface area contributed by atoms with E-state index in [9.17, 15) is 15.0 Å². The molecule has 5 aromatic rings. The standard InChI is InChI=1S/C25H19N3O4.ClHS/c29-11-25(31)9-17-27-15-7-3-2-6-13(15)19-20-14(10-26-23(20)30)18-12-5-1-4-8-16(12)28(24(25)32-17)21(18)22(19)27;1-2/h1-8,17,24,29,31H,9-11H2,(H,26,30);2H/t17?,24?,25-;/m1./s1. The van der Waals surface area contributed by atoms with Crippen LogP contribution in [0.4, 0.5) is 0 Å². The number of thiol groups is 1. The predicted molar refractivity (Wildman–Crippen MR) is 134 cm³/mol. The zero-order chi connectivity index (χ0) is 23.4. The number of halogens is 1. The highest BCUT2D eigenvalue weighted by molar-refractivity contribution is 8.05. The highest BCUT2D eigenvalue weighted by atomic mass is 35.7. The Morgan fingerprint density at radius 1 is 1.03 bits per heavy atom. The van der Waals surface area contributed by atoms with Crippen LogP contribution in [0.2, 0.25) is 0 Å². The summed E-state index contributed by atoms with van der Waals surface area (Å²) < 4.78 is 10.7. The number of rotatable bonds is 1. The first-order valence-electron chi connectivity index (χ1n) is 11.1. The molecule has 2 unspecified atom stereocenters. The number of nitrogens with zero attached hydrogens (tertiary/aromatic N) is 2. The van der Waals surface area contributed by atoms with Crippen LogP contribution in [-0.4, -0.2) is 37.5 Å². The minimum absolute atomic E-state index is 0.0520. The second-order valence-corrected chi connectivity index (χ2v) is 9.17. The van der Waals surface area contributed by atoms with Gasteiger partial charge in [0.2, 0.25) is 0 Å². The number of aromatic nitrogens is 2. The molecule has 5 heterocycles. The van der Waals surface area contributed by atoms with Crippen LogP contribution in [0.5, 0.6) is 0 Å². The topological polar surface area (TPSA) is 88.7 Å². The van der Waals surface area contributed by atoms with Crippen molar-refractivity contribution in [3.63, 3.8) is 0 Å². The summed E-state index contributed by atoms with van der Waals surface area (Å²) in [6, 6.07) is 16.1. The third kappa shape index (κ3) is 2.23. The molecule has 0 aliphatic carbocycles. The maximum absolute atomic E-state index is 13.1. The molecule has 2 bridgehead atoms. The molecule has 1 amide bonds. The van der Waals surface area contributed by atoms with Crippen molar-refractivity contribution in [1.82, 2.24) is 14.5 Å². The van der Waals surface area contributed by atoms with Crippen molar-refractivity contribution in [2.24, 2.45) is 0 Å². The van der Waals surface area contributed by atoms with Crippen molar-refractivity contribution in [1.29, 1.82) is 0 Å². The number of para-hydroxylation sites is 2. The second kappa shape index (κ2) is 6.90. The maximum atomic E-state index is 13.1. The minimum atomic E-state index is -1.41. The average molecular weight is 494 g/mol. The van der Waals surface area contributed by atoms with Crippen LogP contribution in [0.25, 0.3) is 43.6 Å². The molecule has 0 radical (unpaired) electrons. The minimum Gasteiger partial charge on any atom is -0.393 e. The molecule has 9 heteroatoms. The van der Waals surface area contributed by atoms with Crippen molar-refractivity contribution in [3.05, 3.63) is 59.7 Å². The molecular weight excluding hydrogens is 474 g/mol. The van der Waals surface area contributed by atoms with Gasteiger partial charge >= 0.3 is 0 Å². The fourth-order valence-electron chi connectivity index (χ4n) is 6.38. The molecule has 0 spiro atoms. The molecule has 172 valence electrons. The number of amides is 1. The van der Waals surface area contributed by atoms with Crippen molar-refractivity contribution < 1.29 is 19.7 Å². The number of benzene rings is 3. The molecule has 0 saturated carbocycles. The van der Waals surface area contributed by atoms with Gasteiger partial charge in [-0.3, -0.25) is 4.79 Å². The van der Waals surface area contributed by atoms with E-state index in [4.69, 9.17) is 4.74 Å². The first kappa shape index (κ1) is 20.6. The Bertz CT molecular complexity index is 1690. The fraction of sp³-hybridized carbons (Fsp3) is 0.240. The van der Waals surface area contributed by atoms with E-state index in [1.165, 1.54) is 0 Å². The Kier molecular flexibility index (Phi) is 4.18. The first-order valence-corrected chi connectivity index (χ1v) is 12.4. The average Bonchev–Trinajstić information content (AvgIpc) is 3.57. The smallest absolute Gasteiger partial charge is 0.252 e. The fourth-order valence-corrected chi connectivity index (χ4v) is 6.38. The summed E-state index contributed by atoms with van der Waals surface area (Å²) in [5.41, 5.74) is 4.10. The van der Waals surface area contributed by atoms with E-state index in [1.807, 2.05) is 42.5 Å². The van der Waals surface area contributed by atoms with Crippen LogP contribution >= 0.6 is 22.5 Å². The number of ether oxygens (including phenoxy) is 1. The van der Waals surface area contributed by atoms with Gasteiger partial charge < -0.3 is 29.4 Å². The van der Waals surface area contributed by atoms with Crippen LogP contribution in [0, 0.1) is 0 Å². The number of nitrogens with one attached hydrogen (secondary N) is 1. The van der Waals surface area contributed by atoms with Gasteiger partial charge in [0.15, 0.2) is 6.23 Å². The molecular formula is C25H20ClN3O4S. The van der Waals surface area contributed by atoms with E-state index in [1.54, 1.807) is 0 Å². The van der Waals surface area contributed by atoms with Crippen LogP contribution in [0.15, 0.2) is 48.5 Å². The van der Waals surface area contributed by atoms with Crippen LogP contribution in [0.1, 0.15) is 34.8 Å². The van der Waals surface area contributed by atoms with Gasteiger partial charge in [-0.05, 0) is 28.4 Å². The van der Waals surface area contributed by atoms with Gasteiger partial charge in [0, 0.05) is 34.5 Å². The van der Waals surface area contributed by atoms with Crippen LogP contribution in [-0.2, 0) is 11.3 Å². The summed E-state index contributed by atoms with van der Waals surface area (Å²) in [4.78, 5) is 13.1. The van der Waals surface area contributed by atoms with E-state index in [0.717, 1.165) is 54.7 Å². The number of aliphatic hydroxyl groups is 2. The molecule has 2 aromatic heterocycles. The molecule has 3 aliphatic heterocycles. The lowest BCUT2D eigenvalue weighted by atomic mass is 9.96. The molecule has 34 heavy (non-hydrogen) atoms. The Morgan fingerprint density at radius 2 is 1.65 bits per heavy atom. The summed E-state index contributed by atoms with van der Waals surface area (Å²) in [6.45, 7) is 0.0676. The third-order valence-electron chi connectivity index (χ3n) is 7.62. The van der Waals surface area contributed by atoms with Gasteiger partial charge in [0.05, 0.1) is 34.2 Å². The lowest BCUT2D eigenvalue weighted by molar-refractivity contribution is -0.113. The summed E-state index contributed by atoms with van der Waals surface area (Å²) >= 11 is 3.00. The number of carbonyl (C=O) groups excluding carboxylic acids is 1. The van der Waals surface area contributed by atoms with Crippen molar-refractivity contribution in [2.45, 2.75) is 31.0 Å². The molecule has 3 aliphatic rings. The number of aliphatic hydroxyl groups excluding tert-OH is 1. The van der Waals surface area contributed by atoms with E-state index < -0.39 is 24.7 Å². The Morgan fingerprint density at radius 3 is 2.35 bits per heavy atom. The molecule has 1 fully saturated rings. The zero-order valence-electron chi connectivity index (χ0n) is 17.8. The van der Waals surface area contributed by atoms with Crippen molar-refractivity contribution >= 4 is 72.0 Å². The highest BCUT2D eigenvalue weighted by Gasteiger charge is 2.52. The summed E-state index contributed by atoms with van der Waals surface area (Å²) in [5.74, 6) is -0.0520. The van der Waals surface area contributed by atoms with Crippen molar-refractivity contribution in [2.75, 3.05) is 6.61 Å². The van der Waals surface area contributed by atoms with Crippen LogP contribution < -0.4 is 5.32 Å². The third-order valence-corrected chi connectivity index (χ3v) is 7.62. The maximum Gasteiger partial charge on any atom is 0.252 e. The number of hydrogen-bond donors (Lipinski definition) is 4. The molecule has 8 rings (SSSR count). The molecule has 1 saturated heterocycles. The molecule has 3 aromatic carbocycles. The second-order valence-electron chi connectivity index (χ2n) is 9.17. The largest absolute Gasteiger partial charge is 0.393 e. The predicted octanol–water partition coefficient (Wildman–Crippen LogP) is 4.37. The summed E-state index contributed by atoms with van der Waals surface area (Å²) in [6.07, 6.45) is -0.924. The lowest BCUT2D eigenvalue weighted by Gasteiger charge is -2.28. The normalized spacial score (nSPS) is 24.6. The van der Waals surface area contributed by atoms with Gasteiger partial charge in [0.25, 0.3) is 5.91 Å². The highest BCUT2D eigenvalue weighted by Crippen LogP contribution is 2.54. The van der Waals surface area contributed by atoms with Crippen LogP contribution in [0.3, 0.4) is 0 Å². The van der Waals surface area contributed by atoms with E-state index in [-0.39, 0.29) is 12.3 Å². The monoisotopic (exact) mass is 493 g/mol. The lowest BCUT2D eigenvalue weighted by Crippen LogP contribution is -2.39. The van der Waals surface area contributed by atoms with Gasteiger partial charge in [0.1, 0.15) is 11.8 Å². The van der Waals surface area contributed by atoms with Gasteiger partial charge in [-0.15, -0.1) is 0 Å².